The number of halogens is 1. The summed E-state index contributed by atoms with van der Waals surface area (Å²) >= 11 is 0. The number of hydrogen-bond donors (Lipinski definition) is 0. The van der Waals surface area contributed by atoms with Gasteiger partial charge in [-0.2, -0.15) is 5.26 Å². The highest BCUT2D eigenvalue weighted by Crippen LogP contribution is 2.32. The molecule has 0 heterocycles. The maximum Gasteiger partial charge on any atom is 0.123 e. The second-order valence-corrected chi connectivity index (χ2v) is 6.53. The van der Waals surface area contributed by atoms with E-state index in [1.54, 1.807) is 12.1 Å². The Bertz CT molecular complexity index is 542. The molecule has 0 aromatic heterocycles. The lowest BCUT2D eigenvalue weighted by Gasteiger charge is -2.26. The van der Waals surface area contributed by atoms with Crippen LogP contribution in [-0.4, -0.2) is 0 Å². The van der Waals surface area contributed by atoms with Gasteiger partial charge in [-0.3, -0.25) is 0 Å². The molecule has 1 saturated carbocycles. The van der Waals surface area contributed by atoms with E-state index in [0.29, 0.717) is 5.92 Å². The van der Waals surface area contributed by atoms with Crippen LogP contribution in [0.3, 0.4) is 0 Å². The van der Waals surface area contributed by atoms with E-state index in [1.165, 1.54) is 56.6 Å². The molecule has 1 nitrogen and oxygen atoms in total. The first-order chi connectivity index (χ1) is 11.3. The van der Waals surface area contributed by atoms with Crippen LogP contribution in [0.5, 0.6) is 0 Å². The first kappa shape index (κ1) is 17.5. The fourth-order valence-corrected chi connectivity index (χ4v) is 3.40. The van der Waals surface area contributed by atoms with E-state index in [2.05, 4.69) is 6.08 Å². The Kier molecular flexibility index (Phi) is 7.60. The molecule has 2 heteroatoms. The van der Waals surface area contributed by atoms with Crippen LogP contribution in [0.2, 0.25) is 0 Å². The minimum absolute atomic E-state index is 0.150. The fourth-order valence-electron chi connectivity index (χ4n) is 3.40. The zero-order valence-corrected chi connectivity index (χ0v) is 13.8. The Hall–Kier alpha value is -1.88. The van der Waals surface area contributed by atoms with Crippen LogP contribution in [0, 0.1) is 29.0 Å². The molecule has 1 fully saturated rings. The second kappa shape index (κ2) is 10.0. The molecule has 0 radical (unpaired) electrons. The van der Waals surface area contributed by atoms with Gasteiger partial charge in [-0.05, 0) is 68.1 Å². The number of nitrogens with zero attached hydrogens (tertiary/aromatic N) is 1. The summed E-state index contributed by atoms with van der Waals surface area (Å²) in [6, 6.07) is 8.90. The van der Waals surface area contributed by atoms with Gasteiger partial charge >= 0.3 is 0 Å². The lowest BCUT2D eigenvalue weighted by Crippen LogP contribution is -2.13. The maximum absolute atomic E-state index is 12.8. The molecule has 23 heavy (non-hydrogen) atoms. The Labute approximate surface area is 139 Å². The van der Waals surface area contributed by atoms with Gasteiger partial charge in [0.05, 0.1) is 6.07 Å². The monoisotopic (exact) mass is 311 g/mol. The van der Waals surface area contributed by atoms with Crippen molar-refractivity contribution in [1.29, 1.82) is 5.26 Å². The van der Waals surface area contributed by atoms with Crippen molar-refractivity contribution in [2.24, 2.45) is 11.8 Å². The van der Waals surface area contributed by atoms with Gasteiger partial charge in [0.2, 0.25) is 0 Å². The standard InChI is InChI=1S/C21H26FN/c22-21-15-13-20(14-16-21)8-4-3-7-19-11-9-18(10-12-19)6-2-1-5-17-23/h1-2,5-6,13-16,18-19H,3-4,7-12H2/t18-,19-. The predicted octanol–water partition coefficient (Wildman–Crippen LogP) is 5.98. The summed E-state index contributed by atoms with van der Waals surface area (Å²) in [4.78, 5) is 0. The van der Waals surface area contributed by atoms with Crippen molar-refractivity contribution in [3.8, 4) is 6.07 Å². The van der Waals surface area contributed by atoms with Crippen LogP contribution in [0.4, 0.5) is 4.39 Å². The number of unbranched alkanes of at least 4 members (excludes halogenated alkanes) is 1. The van der Waals surface area contributed by atoms with Gasteiger partial charge in [-0.1, -0.05) is 43.2 Å². The lowest BCUT2D eigenvalue weighted by atomic mass is 9.79. The van der Waals surface area contributed by atoms with Crippen molar-refractivity contribution in [2.45, 2.75) is 51.4 Å². The van der Waals surface area contributed by atoms with Gasteiger partial charge in [-0.25, -0.2) is 4.39 Å². The molecule has 2 rings (SSSR count). The summed E-state index contributed by atoms with van der Waals surface area (Å²) in [5, 5.41) is 8.44. The average Bonchev–Trinajstić information content (AvgIpc) is 2.58. The normalized spacial score (nSPS) is 21.7. The number of rotatable bonds is 7. The van der Waals surface area contributed by atoms with Gasteiger partial charge < -0.3 is 0 Å². The molecule has 0 atom stereocenters. The fraction of sp³-hybridized carbons (Fsp3) is 0.476. The molecule has 1 aliphatic rings. The maximum atomic E-state index is 12.8. The first-order valence-corrected chi connectivity index (χ1v) is 8.75. The smallest absolute Gasteiger partial charge is 0.123 e. The van der Waals surface area contributed by atoms with Crippen molar-refractivity contribution in [3.05, 3.63) is 60.0 Å². The zero-order valence-electron chi connectivity index (χ0n) is 13.8. The molecule has 1 aliphatic carbocycles. The van der Waals surface area contributed by atoms with Crippen molar-refractivity contribution < 1.29 is 4.39 Å². The molecule has 0 N–H and O–H groups in total. The highest BCUT2D eigenvalue weighted by atomic mass is 19.1. The summed E-state index contributed by atoms with van der Waals surface area (Å²) in [6.07, 6.45) is 17.7. The lowest BCUT2D eigenvalue weighted by molar-refractivity contribution is 0.289. The zero-order chi connectivity index (χ0) is 16.3. The molecule has 0 bridgehead atoms. The second-order valence-electron chi connectivity index (χ2n) is 6.53. The van der Waals surface area contributed by atoms with Gasteiger partial charge in [0.15, 0.2) is 0 Å². The highest BCUT2D eigenvalue weighted by Gasteiger charge is 2.18. The van der Waals surface area contributed by atoms with Crippen LogP contribution in [0.15, 0.2) is 48.6 Å². The Morgan fingerprint density at radius 3 is 2.48 bits per heavy atom. The van der Waals surface area contributed by atoms with Gasteiger partial charge in [0.25, 0.3) is 0 Å². The van der Waals surface area contributed by atoms with Crippen LogP contribution in [-0.2, 0) is 6.42 Å². The van der Waals surface area contributed by atoms with Crippen LogP contribution >= 0.6 is 0 Å². The van der Waals surface area contributed by atoms with E-state index in [9.17, 15) is 4.39 Å². The summed E-state index contributed by atoms with van der Waals surface area (Å²) in [6.45, 7) is 0. The summed E-state index contributed by atoms with van der Waals surface area (Å²) in [5.74, 6) is 1.42. The molecular formula is C21H26FN. The molecule has 0 amide bonds. The van der Waals surface area contributed by atoms with Crippen LogP contribution in [0.25, 0.3) is 0 Å². The van der Waals surface area contributed by atoms with Gasteiger partial charge in [-0.15, -0.1) is 0 Å². The van der Waals surface area contributed by atoms with E-state index >= 15 is 0 Å². The van der Waals surface area contributed by atoms with Crippen molar-refractivity contribution in [2.75, 3.05) is 0 Å². The molecule has 0 saturated heterocycles. The molecular weight excluding hydrogens is 285 g/mol. The minimum atomic E-state index is -0.150. The third kappa shape index (κ3) is 6.82. The summed E-state index contributed by atoms with van der Waals surface area (Å²) in [7, 11) is 0. The number of hydrogen-bond acceptors (Lipinski definition) is 1. The Balaban J connectivity index is 1.58. The number of benzene rings is 1. The van der Waals surface area contributed by atoms with E-state index in [-0.39, 0.29) is 5.82 Å². The van der Waals surface area contributed by atoms with Crippen molar-refractivity contribution >= 4 is 0 Å². The number of nitriles is 1. The largest absolute Gasteiger partial charge is 0.207 e. The Morgan fingerprint density at radius 2 is 1.78 bits per heavy atom. The number of aryl methyl sites for hydroxylation is 1. The van der Waals surface area contributed by atoms with Crippen LogP contribution < -0.4 is 0 Å². The Morgan fingerprint density at radius 1 is 1.04 bits per heavy atom. The first-order valence-electron chi connectivity index (χ1n) is 8.75. The molecule has 1 aromatic carbocycles. The van der Waals surface area contributed by atoms with Crippen molar-refractivity contribution in [3.63, 3.8) is 0 Å². The molecule has 0 aliphatic heterocycles. The van der Waals surface area contributed by atoms with Crippen molar-refractivity contribution in [1.82, 2.24) is 0 Å². The average molecular weight is 311 g/mol. The third-order valence-electron chi connectivity index (χ3n) is 4.80. The van der Waals surface area contributed by atoms with Gasteiger partial charge in [0.1, 0.15) is 5.82 Å². The molecule has 122 valence electrons. The molecule has 0 spiro atoms. The number of allylic oxidation sites excluding steroid dienone is 4. The highest BCUT2D eigenvalue weighted by molar-refractivity contribution is 5.16. The SMILES string of the molecule is N#CC=CC=C[C@H]1CC[C@H](CCCCc2ccc(F)cc2)CC1. The van der Waals surface area contributed by atoms with E-state index in [1.807, 2.05) is 30.4 Å². The van der Waals surface area contributed by atoms with Crippen LogP contribution in [0.1, 0.15) is 50.5 Å². The summed E-state index contributed by atoms with van der Waals surface area (Å²) < 4.78 is 12.8. The quantitative estimate of drug-likeness (QED) is 0.345. The van der Waals surface area contributed by atoms with Gasteiger partial charge in [0, 0.05) is 6.08 Å². The third-order valence-corrected chi connectivity index (χ3v) is 4.80. The molecule has 0 unspecified atom stereocenters. The topological polar surface area (TPSA) is 23.8 Å². The van der Waals surface area contributed by atoms with E-state index < -0.39 is 0 Å². The minimum Gasteiger partial charge on any atom is -0.207 e. The van der Waals surface area contributed by atoms with E-state index in [0.717, 1.165) is 12.3 Å². The summed E-state index contributed by atoms with van der Waals surface area (Å²) in [5.41, 5.74) is 1.24. The predicted molar refractivity (Wildman–Crippen MR) is 93.3 cm³/mol. The van der Waals surface area contributed by atoms with E-state index in [4.69, 9.17) is 5.26 Å². The molecule has 1 aromatic rings.